The Hall–Kier alpha value is -9.10. The first kappa shape index (κ1) is 40.9. The number of aromatic nitrogens is 2. The van der Waals surface area contributed by atoms with Crippen molar-refractivity contribution in [3.63, 3.8) is 0 Å². The van der Waals surface area contributed by atoms with Crippen LogP contribution in [0.2, 0.25) is 0 Å². The lowest BCUT2D eigenvalue weighted by Gasteiger charge is -2.20. The second kappa shape index (κ2) is 15.3. The Morgan fingerprint density at radius 3 is 1.18 bits per heavy atom. The molecule has 0 aliphatic heterocycles. The van der Waals surface area contributed by atoms with Gasteiger partial charge in [-0.15, -0.1) is 0 Å². The van der Waals surface area contributed by atoms with Gasteiger partial charge in [0.1, 0.15) is 0 Å². The first-order chi connectivity index (χ1) is 31.8. The summed E-state index contributed by atoms with van der Waals surface area (Å²) in [5, 5.41) is 21.7. The van der Waals surface area contributed by atoms with Crippen molar-refractivity contribution >= 4 is 55.0 Å². The fraction of sp³-hybridized carbons (Fsp3) is 0.0370. The Kier molecular flexibility index (Phi) is 9.50. The number of rotatable bonds is 5. The van der Waals surface area contributed by atoms with Gasteiger partial charge in [0.25, 0.3) is 0 Å². The van der Waals surface area contributed by atoms with Crippen LogP contribution in [0, 0.1) is 35.8 Å². The summed E-state index contributed by atoms with van der Waals surface area (Å²) in [7, 11) is 0. The Bertz CT molecular complexity index is 3540. The lowest BCUT2D eigenvalue weighted by molar-refractivity contribution is -0.138. The minimum absolute atomic E-state index is 0.228. The van der Waals surface area contributed by atoms with E-state index in [0.717, 1.165) is 12.1 Å². The van der Waals surface area contributed by atoms with Crippen LogP contribution in [0.5, 0.6) is 0 Å². The predicted molar refractivity (Wildman–Crippen MR) is 243 cm³/mol. The van der Waals surface area contributed by atoms with E-state index >= 15 is 26.3 Å². The highest BCUT2D eigenvalue weighted by atomic mass is 19.4. The maximum absolute atomic E-state index is 15.1. The predicted octanol–water partition coefficient (Wildman–Crippen LogP) is 15.8. The van der Waals surface area contributed by atoms with Gasteiger partial charge in [-0.25, -0.2) is 9.69 Å². The molecular formula is C54H26F6N6. The average molecular weight is 873 g/mol. The molecule has 0 saturated carbocycles. The van der Waals surface area contributed by atoms with Gasteiger partial charge in [-0.1, -0.05) is 78.9 Å². The fourth-order valence-electron chi connectivity index (χ4n) is 8.91. The molecule has 0 spiro atoms. The first-order valence-electron chi connectivity index (χ1n) is 20.1. The van der Waals surface area contributed by atoms with E-state index in [4.69, 9.17) is 13.1 Å². The van der Waals surface area contributed by atoms with E-state index in [2.05, 4.69) is 21.8 Å². The van der Waals surface area contributed by atoms with Crippen molar-refractivity contribution in [1.29, 1.82) is 10.5 Å². The molecular weight excluding hydrogens is 847 g/mol. The Balaban J connectivity index is 1.18. The van der Waals surface area contributed by atoms with Crippen molar-refractivity contribution in [2.45, 2.75) is 12.4 Å². The number of nitrogens with zero attached hydrogens (tertiary/aromatic N) is 6. The zero-order valence-corrected chi connectivity index (χ0v) is 34.0. The molecule has 0 amide bonds. The molecule has 12 heteroatoms. The van der Waals surface area contributed by atoms with Crippen LogP contribution in [-0.4, -0.2) is 9.13 Å². The quantitative estimate of drug-likeness (QED) is 0.128. The van der Waals surface area contributed by atoms with Gasteiger partial charge in [0.05, 0.1) is 81.0 Å². The lowest BCUT2D eigenvalue weighted by atomic mass is 9.98. The van der Waals surface area contributed by atoms with Crippen LogP contribution in [0.25, 0.3) is 98.1 Å². The van der Waals surface area contributed by atoms with Crippen molar-refractivity contribution in [2.24, 2.45) is 0 Å². The molecule has 0 fully saturated rings. The number of alkyl halides is 6. The van der Waals surface area contributed by atoms with Crippen LogP contribution in [0.15, 0.2) is 158 Å². The van der Waals surface area contributed by atoms with E-state index in [1.54, 1.807) is 103 Å². The van der Waals surface area contributed by atoms with Crippen molar-refractivity contribution < 1.29 is 26.3 Å². The van der Waals surface area contributed by atoms with E-state index in [9.17, 15) is 10.5 Å². The minimum Gasteiger partial charge on any atom is -0.309 e. The molecule has 8 aromatic carbocycles. The van der Waals surface area contributed by atoms with Crippen LogP contribution < -0.4 is 0 Å². The summed E-state index contributed by atoms with van der Waals surface area (Å²) in [5.74, 6) is 0. The van der Waals surface area contributed by atoms with E-state index in [0.29, 0.717) is 65.9 Å². The molecule has 0 N–H and O–H groups in total. The molecule has 0 bridgehead atoms. The van der Waals surface area contributed by atoms with Crippen LogP contribution in [-0.2, 0) is 12.4 Å². The molecule has 0 radical (unpaired) electrons. The van der Waals surface area contributed by atoms with Gasteiger partial charge in [0.15, 0.2) is 11.4 Å². The summed E-state index contributed by atoms with van der Waals surface area (Å²) in [6, 6.07) is 45.0. The molecule has 6 nitrogen and oxygen atoms in total. The number of benzene rings is 8. The molecule has 2 heterocycles. The number of halogens is 6. The largest absolute Gasteiger partial charge is 0.418 e. The van der Waals surface area contributed by atoms with Crippen molar-refractivity contribution in [1.82, 2.24) is 9.13 Å². The van der Waals surface area contributed by atoms with Crippen LogP contribution in [0.4, 0.5) is 37.7 Å². The summed E-state index contributed by atoms with van der Waals surface area (Å²) in [5.41, 5.74) is 3.30. The number of hydrogen-bond donors (Lipinski definition) is 0. The number of nitriles is 2. The lowest BCUT2D eigenvalue weighted by Crippen LogP contribution is -2.12. The fourth-order valence-corrected chi connectivity index (χ4v) is 8.91. The van der Waals surface area contributed by atoms with Gasteiger partial charge in [-0.05, 0) is 112 Å². The molecule has 0 atom stereocenters. The molecule has 2 aromatic heterocycles. The first-order valence-corrected chi connectivity index (χ1v) is 20.1. The van der Waals surface area contributed by atoms with E-state index in [-0.39, 0.29) is 45.0 Å². The standard InChI is InChI=1S/C54H26F6N6/c1-63-39-22-38(23-40(28-39)64-2)34-14-18-50-44(25-34)42-8-4-6-10-48(42)66(50)52-27-36(12-16-46(52)54(58,59)60)35-11-15-45(53(55,56)57)51(26-35)65-47-9-5-3-7-41(47)43-24-33(13-17-49(43)65)37-20-31(29-61)19-32(21-37)30-62/h3-28H. The highest BCUT2D eigenvalue weighted by molar-refractivity contribution is 6.12. The molecule has 0 aliphatic rings. The maximum Gasteiger partial charge on any atom is 0.418 e. The molecule has 10 aromatic rings. The zero-order valence-electron chi connectivity index (χ0n) is 34.0. The minimum atomic E-state index is -4.83. The Morgan fingerprint density at radius 1 is 0.394 bits per heavy atom. The highest BCUT2D eigenvalue weighted by Gasteiger charge is 2.37. The van der Waals surface area contributed by atoms with Crippen molar-refractivity contribution in [2.75, 3.05) is 0 Å². The summed E-state index contributed by atoms with van der Waals surface area (Å²) in [6.07, 6.45) is -9.67. The van der Waals surface area contributed by atoms with Gasteiger partial charge in [0, 0.05) is 21.5 Å². The summed E-state index contributed by atoms with van der Waals surface area (Å²) in [4.78, 5) is 6.99. The Morgan fingerprint density at radius 2 is 0.773 bits per heavy atom. The van der Waals surface area contributed by atoms with Crippen LogP contribution in [0.1, 0.15) is 22.3 Å². The molecule has 0 aliphatic carbocycles. The van der Waals surface area contributed by atoms with E-state index in [1.807, 2.05) is 6.07 Å². The Labute approximate surface area is 371 Å². The van der Waals surface area contributed by atoms with Gasteiger partial charge in [-0.2, -0.15) is 36.9 Å². The SMILES string of the molecule is [C-]#[N+]c1cc([N+]#[C-])cc(-c2ccc3c(c2)c2ccccc2n3-c2cc(-c3ccc(C(F)(F)F)c(-n4c5ccccc5c5cc(-c6cc(C#N)cc(C#N)c6)ccc54)c3)ccc2C(F)(F)F)c1. The summed E-state index contributed by atoms with van der Waals surface area (Å²) >= 11 is 0. The van der Waals surface area contributed by atoms with Crippen LogP contribution in [0.3, 0.4) is 0 Å². The second-order valence-electron chi connectivity index (χ2n) is 15.6. The third-order valence-corrected chi connectivity index (χ3v) is 11.8. The normalized spacial score (nSPS) is 11.7. The maximum atomic E-state index is 15.1. The van der Waals surface area contributed by atoms with Crippen molar-refractivity contribution in [3.05, 3.63) is 203 Å². The smallest absolute Gasteiger partial charge is 0.309 e. The number of para-hydroxylation sites is 2. The van der Waals surface area contributed by atoms with E-state index in [1.165, 1.54) is 45.5 Å². The van der Waals surface area contributed by atoms with Crippen molar-refractivity contribution in [3.8, 4) is 56.9 Å². The third-order valence-electron chi connectivity index (χ3n) is 11.8. The topological polar surface area (TPSA) is 66.2 Å². The number of hydrogen-bond acceptors (Lipinski definition) is 2. The van der Waals surface area contributed by atoms with Gasteiger partial charge in [-0.3, -0.25) is 0 Å². The average Bonchev–Trinajstić information content (AvgIpc) is 3.84. The molecule has 0 unspecified atom stereocenters. The second-order valence-corrected chi connectivity index (χ2v) is 15.6. The zero-order chi connectivity index (χ0) is 46.1. The molecule has 66 heavy (non-hydrogen) atoms. The van der Waals surface area contributed by atoms with Gasteiger partial charge < -0.3 is 9.13 Å². The van der Waals surface area contributed by atoms with Gasteiger partial charge in [0.2, 0.25) is 0 Å². The van der Waals surface area contributed by atoms with Crippen LogP contribution >= 0.6 is 0 Å². The highest BCUT2D eigenvalue weighted by Crippen LogP contribution is 2.45. The summed E-state index contributed by atoms with van der Waals surface area (Å²) in [6.45, 7) is 15.1. The summed E-state index contributed by atoms with van der Waals surface area (Å²) < 4.78 is 93.8. The number of fused-ring (bicyclic) bond motifs is 6. The molecule has 10 rings (SSSR count). The third kappa shape index (κ3) is 6.82. The molecule has 0 saturated heterocycles. The molecule has 314 valence electrons. The van der Waals surface area contributed by atoms with Gasteiger partial charge >= 0.3 is 12.4 Å². The monoisotopic (exact) mass is 872 g/mol. The van der Waals surface area contributed by atoms with E-state index < -0.39 is 23.5 Å².